The van der Waals surface area contributed by atoms with Crippen LogP contribution in [0.25, 0.3) is 0 Å². The van der Waals surface area contributed by atoms with Crippen LogP contribution in [-0.4, -0.2) is 38.7 Å². The molecule has 8 heteroatoms. The third-order valence-corrected chi connectivity index (χ3v) is 5.21. The van der Waals surface area contributed by atoms with Crippen molar-refractivity contribution in [3.63, 3.8) is 0 Å². The average molecular weight is 355 g/mol. The smallest absolute Gasteiger partial charge is 0.246 e. The van der Waals surface area contributed by atoms with Crippen LogP contribution < -0.4 is 15.5 Å². The Morgan fingerprint density at radius 2 is 2.15 bits per heavy atom. The van der Waals surface area contributed by atoms with E-state index in [0.717, 1.165) is 29.5 Å². The van der Waals surface area contributed by atoms with Gasteiger partial charge in [0.15, 0.2) is 5.82 Å². The molecular formula is C18H25N7O. The van der Waals surface area contributed by atoms with Gasteiger partial charge in [-0.05, 0) is 26.2 Å². The summed E-state index contributed by atoms with van der Waals surface area (Å²) in [5.74, 6) is 2.17. The lowest BCUT2D eigenvalue weighted by atomic mass is 10.2. The van der Waals surface area contributed by atoms with Gasteiger partial charge in [0.05, 0.1) is 11.9 Å². The van der Waals surface area contributed by atoms with E-state index in [-0.39, 0.29) is 11.9 Å². The summed E-state index contributed by atoms with van der Waals surface area (Å²) in [6.45, 7) is 5.35. The summed E-state index contributed by atoms with van der Waals surface area (Å²) in [6, 6.07) is -0.255. The number of aryl methyl sites for hydroxylation is 2. The number of anilines is 3. The number of rotatable bonds is 6. The Balaban J connectivity index is 1.44. The zero-order chi connectivity index (χ0) is 18.3. The molecule has 0 spiro atoms. The van der Waals surface area contributed by atoms with Gasteiger partial charge >= 0.3 is 0 Å². The SMILES string of the molecule is Cc1nc(NCc2cnn(CCC3CC3)c2)nc2c1NC(=O)[C@H](C)N2C. The van der Waals surface area contributed by atoms with Gasteiger partial charge in [0.25, 0.3) is 0 Å². The summed E-state index contributed by atoms with van der Waals surface area (Å²) >= 11 is 0. The van der Waals surface area contributed by atoms with Crippen molar-refractivity contribution in [2.24, 2.45) is 5.92 Å². The van der Waals surface area contributed by atoms with Gasteiger partial charge in [0.1, 0.15) is 11.7 Å². The molecule has 1 atom stereocenters. The molecule has 1 fully saturated rings. The molecule has 0 aromatic carbocycles. The maximum atomic E-state index is 12.0. The molecule has 1 aliphatic heterocycles. The van der Waals surface area contributed by atoms with E-state index in [1.165, 1.54) is 19.3 Å². The molecule has 0 saturated heterocycles. The Hall–Kier alpha value is -2.64. The first-order valence-electron chi connectivity index (χ1n) is 9.19. The summed E-state index contributed by atoms with van der Waals surface area (Å²) in [5.41, 5.74) is 2.55. The molecule has 4 rings (SSSR count). The van der Waals surface area contributed by atoms with E-state index in [1.54, 1.807) is 0 Å². The molecule has 1 amide bonds. The number of likely N-dealkylation sites (N-methyl/N-ethyl adjacent to an activating group) is 1. The van der Waals surface area contributed by atoms with Gasteiger partial charge in [-0.3, -0.25) is 9.48 Å². The second kappa shape index (κ2) is 6.59. The van der Waals surface area contributed by atoms with Gasteiger partial charge in [0.2, 0.25) is 11.9 Å². The van der Waals surface area contributed by atoms with E-state index in [1.807, 2.05) is 36.7 Å². The second-order valence-corrected chi connectivity index (χ2v) is 7.30. The molecule has 0 radical (unpaired) electrons. The van der Waals surface area contributed by atoms with Gasteiger partial charge < -0.3 is 15.5 Å². The quantitative estimate of drug-likeness (QED) is 0.826. The summed E-state index contributed by atoms with van der Waals surface area (Å²) < 4.78 is 2.01. The van der Waals surface area contributed by atoms with Crippen LogP contribution in [0.4, 0.5) is 17.5 Å². The molecule has 1 saturated carbocycles. The van der Waals surface area contributed by atoms with Crippen molar-refractivity contribution in [2.45, 2.75) is 52.2 Å². The zero-order valence-corrected chi connectivity index (χ0v) is 15.5. The van der Waals surface area contributed by atoms with Gasteiger partial charge in [-0.25, -0.2) is 4.98 Å². The van der Waals surface area contributed by atoms with Crippen LogP contribution in [0.15, 0.2) is 12.4 Å². The molecule has 138 valence electrons. The fourth-order valence-corrected chi connectivity index (χ4v) is 3.15. The van der Waals surface area contributed by atoms with Crippen molar-refractivity contribution >= 4 is 23.4 Å². The zero-order valence-electron chi connectivity index (χ0n) is 15.5. The van der Waals surface area contributed by atoms with Crippen molar-refractivity contribution in [1.82, 2.24) is 19.7 Å². The van der Waals surface area contributed by atoms with E-state index >= 15 is 0 Å². The second-order valence-electron chi connectivity index (χ2n) is 7.30. The highest BCUT2D eigenvalue weighted by Gasteiger charge is 2.30. The van der Waals surface area contributed by atoms with Crippen LogP contribution in [0.2, 0.25) is 0 Å². The molecule has 0 bridgehead atoms. The largest absolute Gasteiger partial charge is 0.350 e. The van der Waals surface area contributed by atoms with Gasteiger partial charge in [-0.15, -0.1) is 0 Å². The number of nitrogens with one attached hydrogen (secondary N) is 2. The van der Waals surface area contributed by atoms with Crippen molar-refractivity contribution in [2.75, 3.05) is 22.6 Å². The highest BCUT2D eigenvalue weighted by atomic mass is 16.2. The predicted octanol–water partition coefficient (Wildman–Crippen LogP) is 2.17. The molecule has 2 N–H and O–H groups in total. The summed E-state index contributed by atoms with van der Waals surface area (Å²) in [5, 5.41) is 10.6. The Morgan fingerprint density at radius 1 is 1.35 bits per heavy atom. The molecule has 2 aliphatic rings. The van der Waals surface area contributed by atoms with Crippen molar-refractivity contribution in [3.8, 4) is 0 Å². The maximum absolute atomic E-state index is 12.0. The molecule has 26 heavy (non-hydrogen) atoms. The number of carbonyl (C=O) groups is 1. The number of carbonyl (C=O) groups excluding carboxylic acids is 1. The lowest BCUT2D eigenvalue weighted by molar-refractivity contribution is -0.117. The van der Waals surface area contributed by atoms with Crippen molar-refractivity contribution in [1.29, 1.82) is 0 Å². The molecular weight excluding hydrogens is 330 g/mol. The van der Waals surface area contributed by atoms with E-state index in [9.17, 15) is 4.79 Å². The number of aromatic nitrogens is 4. The van der Waals surface area contributed by atoms with Gasteiger partial charge in [-0.2, -0.15) is 10.1 Å². The van der Waals surface area contributed by atoms with E-state index in [4.69, 9.17) is 0 Å². The van der Waals surface area contributed by atoms with E-state index < -0.39 is 0 Å². The Morgan fingerprint density at radius 3 is 2.92 bits per heavy atom. The Labute approximate surface area is 153 Å². The highest BCUT2D eigenvalue weighted by Crippen LogP contribution is 2.33. The van der Waals surface area contributed by atoms with Crippen LogP contribution in [-0.2, 0) is 17.9 Å². The molecule has 2 aromatic rings. The molecule has 0 unspecified atom stereocenters. The minimum atomic E-state index is -0.255. The van der Waals surface area contributed by atoms with Crippen LogP contribution in [0, 0.1) is 12.8 Å². The first kappa shape index (κ1) is 16.8. The normalized spacial score (nSPS) is 19.3. The number of amides is 1. The maximum Gasteiger partial charge on any atom is 0.246 e. The topological polar surface area (TPSA) is 88.0 Å². The van der Waals surface area contributed by atoms with Gasteiger partial charge in [-0.1, -0.05) is 12.8 Å². The summed E-state index contributed by atoms with van der Waals surface area (Å²) in [7, 11) is 1.88. The highest BCUT2D eigenvalue weighted by molar-refractivity contribution is 6.03. The van der Waals surface area contributed by atoms with Crippen molar-refractivity contribution in [3.05, 3.63) is 23.7 Å². The first-order valence-corrected chi connectivity index (χ1v) is 9.19. The van der Waals surface area contributed by atoms with Crippen LogP contribution >= 0.6 is 0 Å². The molecule has 2 aromatic heterocycles. The lowest BCUT2D eigenvalue weighted by Gasteiger charge is -2.32. The monoisotopic (exact) mass is 355 g/mol. The summed E-state index contributed by atoms with van der Waals surface area (Å²) in [6.07, 6.45) is 7.93. The third-order valence-electron chi connectivity index (χ3n) is 5.21. The summed E-state index contributed by atoms with van der Waals surface area (Å²) in [4.78, 5) is 22.9. The number of hydrogen-bond acceptors (Lipinski definition) is 6. The van der Waals surface area contributed by atoms with Crippen LogP contribution in [0.1, 0.15) is 37.4 Å². The fraction of sp³-hybridized carbons (Fsp3) is 0.556. The molecule has 3 heterocycles. The van der Waals surface area contributed by atoms with E-state index in [0.29, 0.717) is 18.2 Å². The lowest BCUT2D eigenvalue weighted by Crippen LogP contribution is -2.44. The predicted molar refractivity (Wildman–Crippen MR) is 100 cm³/mol. The number of hydrogen-bond donors (Lipinski definition) is 2. The average Bonchev–Trinajstić information content (AvgIpc) is 3.35. The fourth-order valence-electron chi connectivity index (χ4n) is 3.15. The Bertz CT molecular complexity index is 827. The van der Waals surface area contributed by atoms with Crippen LogP contribution in [0.5, 0.6) is 0 Å². The number of nitrogens with zero attached hydrogens (tertiary/aromatic N) is 5. The first-order chi connectivity index (χ1) is 12.5. The van der Waals surface area contributed by atoms with Crippen LogP contribution in [0.3, 0.4) is 0 Å². The Kier molecular flexibility index (Phi) is 4.26. The van der Waals surface area contributed by atoms with Crippen molar-refractivity contribution < 1.29 is 4.79 Å². The third kappa shape index (κ3) is 3.36. The van der Waals surface area contributed by atoms with Gasteiger partial charge in [0, 0.05) is 31.9 Å². The molecule has 8 nitrogen and oxygen atoms in total. The minimum absolute atomic E-state index is 0.0361. The minimum Gasteiger partial charge on any atom is -0.350 e. The van der Waals surface area contributed by atoms with E-state index in [2.05, 4.69) is 31.9 Å². The number of fused-ring (bicyclic) bond motifs is 1. The standard InChI is InChI=1S/C18H25N7O/c1-11-15-16(24(3)12(2)17(26)22-15)23-18(21-11)19-8-14-9-20-25(10-14)7-6-13-4-5-13/h9-10,12-13H,4-8H2,1-3H3,(H,22,26)(H,19,21,23)/t12-/m0/s1. The molecule has 1 aliphatic carbocycles.